The normalized spacial score (nSPS) is 20.4. The van der Waals surface area contributed by atoms with E-state index in [1.165, 1.54) is 11.3 Å². The second kappa shape index (κ2) is 6.03. The molecular weight excluding hydrogens is 348 g/mol. The summed E-state index contributed by atoms with van der Waals surface area (Å²) in [6, 6.07) is 9.66. The Bertz CT molecular complexity index is 831. The summed E-state index contributed by atoms with van der Waals surface area (Å²) in [6.07, 6.45) is 0. The molecule has 1 fully saturated rings. The Morgan fingerprint density at radius 1 is 1.21 bits per heavy atom. The van der Waals surface area contributed by atoms with Gasteiger partial charge in [-0.15, -0.1) is 11.3 Å². The number of carbonyl (C=O) groups excluding carboxylic acids is 3. The first kappa shape index (κ1) is 16.7. The van der Waals surface area contributed by atoms with Gasteiger partial charge in [-0.2, -0.15) is 0 Å². The van der Waals surface area contributed by atoms with E-state index in [0.29, 0.717) is 15.5 Å². The molecule has 3 amide bonds. The van der Waals surface area contributed by atoms with Crippen molar-refractivity contribution in [2.75, 3.05) is 6.54 Å². The summed E-state index contributed by atoms with van der Waals surface area (Å²) in [4.78, 5) is 39.8. The second-order valence-electron chi connectivity index (χ2n) is 5.79. The van der Waals surface area contributed by atoms with Crippen molar-refractivity contribution in [1.29, 1.82) is 0 Å². The predicted molar refractivity (Wildman–Crippen MR) is 92.4 cm³/mol. The molecule has 124 valence electrons. The van der Waals surface area contributed by atoms with Crippen LogP contribution in [0.15, 0.2) is 36.4 Å². The van der Waals surface area contributed by atoms with E-state index in [4.69, 9.17) is 11.6 Å². The fraction of sp³-hybridized carbons (Fsp3) is 0.235. The Balaban J connectivity index is 1.83. The molecule has 24 heavy (non-hydrogen) atoms. The smallest absolute Gasteiger partial charge is 0.319 e. The Labute approximate surface area is 148 Å². The van der Waals surface area contributed by atoms with E-state index in [1.54, 1.807) is 37.3 Å². The summed E-state index contributed by atoms with van der Waals surface area (Å²) in [5.41, 5.74) is -0.583. The third kappa shape index (κ3) is 2.83. The number of nitrogens with zero attached hydrogens (tertiary/aromatic N) is 1. The summed E-state index contributed by atoms with van der Waals surface area (Å²) in [7, 11) is 0. The van der Waals surface area contributed by atoms with Crippen molar-refractivity contribution in [3.63, 3.8) is 0 Å². The molecule has 1 aliphatic rings. The number of amides is 3. The SMILES string of the molecule is Cc1ccc(C(=O)CN2C(=O)N[C@](C)(c3ccc(Cl)cc3)C2=O)s1. The van der Waals surface area contributed by atoms with Crippen LogP contribution in [0.5, 0.6) is 0 Å². The molecule has 0 bridgehead atoms. The van der Waals surface area contributed by atoms with Crippen LogP contribution in [0.2, 0.25) is 5.02 Å². The summed E-state index contributed by atoms with van der Waals surface area (Å²) in [5, 5.41) is 3.21. The maximum absolute atomic E-state index is 12.8. The highest BCUT2D eigenvalue weighted by Crippen LogP contribution is 2.30. The molecule has 1 atom stereocenters. The van der Waals surface area contributed by atoms with Gasteiger partial charge in [0.2, 0.25) is 0 Å². The first-order chi connectivity index (χ1) is 11.3. The molecular formula is C17H15ClN2O3S. The van der Waals surface area contributed by atoms with Crippen LogP contribution in [0.1, 0.15) is 27.0 Å². The number of rotatable bonds is 4. The molecule has 1 aromatic heterocycles. The van der Waals surface area contributed by atoms with E-state index in [0.717, 1.165) is 9.78 Å². The number of aryl methyl sites for hydroxylation is 1. The molecule has 1 saturated heterocycles. The number of imide groups is 1. The van der Waals surface area contributed by atoms with Gasteiger partial charge < -0.3 is 5.32 Å². The lowest BCUT2D eigenvalue weighted by atomic mass is 9.92. The fourth-order valence-electron chi connectivity index (χ4n) is 2.63. The maximum Gasteiger partial charge on any atom is 0.325 e. The monoisotopic (exact) mass is 362 g/mol. The van der Waals surface area contributed by atoms with E-state index in [-0.39, 0.29) is 12.3 Å². The molecule has 0 unspecified atom stereocenters. The minimum Gasteiger partial charge on any atom is -0.319 e. The lowest BCUT2D eigenvalue weighted by molar-refractivity contribution is -0.130. The molecule has 5 nitrogen and oxygen atoms in total. The highest BCUT2D eigenvalue weighted by Gasteiger charge is 2.49. The van der Waals surface area contributed by atoms with Gasteiger partial charge in [0.15, 0.2) is 5.78 Å². The van der Waals surface area contributed by atoms with E-state index in [9.17, 15) is 14.4 Å². The number of urea groups is 1. The number of hydrogen-bond acceptors (Lipinski definition) is 4. The summed E-state index contributed by atoms with van der Waals surface area (Å²) >= 11 is 7.22. The maximum atomic E-state index is 12.8. The first-order valence-electron chi connectivity index (χ1n) is 7.31. The molecule has 2 heterocycles. The molecule has 3 rings (SSSR count). The van der Waals surface area contributed by atoms with Gasteiger partial charge in [0.05, 0.1) is 11.4 Å². The number of ketones is 1. The van der Waals surface area contributed by atoms with Crippen molar-refractivity contribution in [2.45, 2.75) is 19.4 Å². The zero-order valence-corrected chi connectivity index (χ0v) is 14.7. The quantitative estimate of drug-likeness (QED) is 0.670. The van der Waals surface area contributed by atoms with Gasteiger partial charge >= 0.3 is 6.03 Å². The highest BCUT2D eigenvalue weighted by atomic mass is 35.5. The number of carbonyl (C=O) groups is 3. The van der Waals surface area contributed by atoms with Gasteiger partial charge in [-0.25, -0.2) is 4.79 Å². The number of halogens is 1. The van der Waals surface area contributed by atoms with Crippen LogP contribution in [0, 0.1) is 6.92 Å². The van der Waals surface area contributed by atoms with Crippen molar-refractivity contribution in [3.8, 4) is 0 Å². The molecule has 0 radical (unpaired) electrons. The minimum atomic E-state index is -1.20. The molecule has 1 aromatic carbocycles. The van der Waals surface area contributed by atoms with Crippen molar-refractivity contribution >= 4 is 40.7 Å². The summed E-state index contributed by atoms with van der Waals surface area (Å²) in [5.74, 6) is -0.701. The van der Waals surface area contributed by atoms with Crippen LogP contribution in [0.3, 0.4) is 0 Å². The Morgan fingerprint density at radius 2 is 1.88 bits per heavy atom. The Hall–Kier alpha value is -2.18. The third-order valence-corrected chi connectivity index (χ3v) is 5.31. The number of Topliss-reactive ketones (excluding diaryl/α,β-unsaturated/α-hetero) is 1. The van der Waals surface area contributed by atoms with Crippen LogP contribution in [0.25, 0.3) is 0 Å². The molecule has 2 aromatic rings. The molecule has 0 aliphatic carbocycles. The highest BCUT2D eigenvalue weighted by molar-refractivity contribution is 7.14. The predicted octanol–water partition coefficient (Wildman–Crippen LogP) is 3.36. The fourth-order valence-corrected chi connectivity index (χ4v) is 3.55. The molecule has 0 spiro atoms. The Morgan fingerprint density at radius 3 is 2.46 bits per heavy atom. The van der Waals surface area contributed by atoms with Crippen LogP contribution in [-0.2, 0) is 10.3 Å². The lowest BCUT2D eigenvalue weighted by Gasteiger charge is -2.22. The summed E-state index contributed by atoms with van der Waals surface area (Å²) < 4.78 is 0. The van der Waals surface area contributed by atoms with Crippen LogP contribution in [-0.4, -0.2) is 29.2 Å². The number of benzene rings is 1. The van der Waals surface area contributed by atoms with Crippen LogP contribution in [0.4, 0.5) is 4.79 Å². The average molecular weight is 363 g/mol. The van der Waals surface area contributed by atoms with Crippen molar-refractivity contribution < 1.29 is 14.4 Å². The lowest BCUT2D eigenvalue weighted by Crippen LogP contribution is -2.41. The first-order valence-corrected chi connectivity index (χ1v) is 8.50. The van der Waals surface area contributed by atoms with Gasteiger partial charge in [0.1, 0.15) is 5.54 Å². The van der Waals surface area contributed by atoms with Crippen LogP contribution >= 0.6 is 22.9 Å². The number of hydrogen-bond donors (Lipinski definition) is 1. The van der Waals surface area contributed by atoms with Crippen molar-refractivity contribution in [3.05, 3.63) is 56.7 Å². The minimum absolute atomic E-state index is 0.253. The standard InChI is InChI=1S/C17H15ClN2O3S/c1-10-3-8-14(24-10)13(21)9-20-15(22)17(2,19-16(20)23)11-4-6-12(18)7-5-11/h3-8H,9H2,1-2H3,(H,19,23)/t17-/m1/s1. The zero-order valence-electron chi connectivity index (χ0n) is 13.1. The number of thiophene rings is 1. The molecule has 1 N–H and O–H groups in total. The van der Waals surface area contributed by atoms with Gasteiger partial charge in [0, 0.05) is 9.90 Å². The van der Waals surface area contributed by atoms with E-state index in [2.05, 4.69) is 5.32 Å². The van der Waals surface area contributed by atoms with Crippen molar-refractivity contribution in [2.24, 2.45) is 0 Å². The van der Waals surface area contributed by atoms with E-state index in [1.807, 2.05) is 13.0 Å². The molecule has 7 heteroatoms. The summed E-state index contributed by atoms with van der Waals surface area (Å²) in [6.45, 7) is 3.25. The van der Waals surface area contributed by atoms with E-state index < -0.39 is 17.5 Å². The largest absolute Gasteiger partial charge is 0.325 e. The third-order valence-electron chi connectivity index (χ3n) is 4.01. The molecule has 0 saturated carbocycles. The van der Waals surface area contributed by atoms with Crippen molar-refractivity contribution in [1.82, 2.24) is 10.2 Å². The van der Waals surface area contributed by atoms with Gasteiger partial charge in [-0.1, -0.05) is 23.7 Å². The van der Waals surface area contributed by atoms with Gasteiger partial charge in [-0.3, -0.25) is 14.5 Å². The second-order valence-corrected chi connectivity index (χ2v) is 7.51. The van der Waals surface area contributed by atoms with E-state index >= 15 is 0 Å². The molecule has 1 aliphatic heterocycles. The Kier molecular flexibility index (Phi) is 4.19. The number of nitrogens with one attached hydrogen (secondary N) is 1. The van der Waals surface area contributed by atoms with Gasteiger partial charge in [0.25, 0.3) is 5.91 Å². The van der Waals surface area contributed by atoms with Gasteiger partial charge in [-0.05, 0) is 43.7 Å². The average Bonchev–Trinajstić information content (AvgIpc) is 3.06. The topological polar surface area (TPSA) is 66.5 Å². The zero-order chi connectivity index (χ0) is 17.5. The van der Waals surface area contributed by atoms with Crippen LogP contribution < -0.4 is 5.32 Å².